The number of aromatic nitrogens is 2. The van der Waals surface area contributed by atoms with Gasteiger partial charge in [-0.25, -0.2) is 4.98 Å². The first-order chi connectivity index (χ1) is 30.4. The molecule has 7 aromatic carbocycles. The SMILES string of the molecule is CC(C)(C)c1cccc(N2[CH-]N(c3[c-]c(Oc4[c-]c5c(cc4)c4ccccc4n5-c4cc(C(C)(C)c5ccccc5)ccn4)ccc3)c3ccc(C(C)(C)c4ccccc4)cc32)c1.[Pt]. The van der Waals surface area contributed by atoms with Crippen molar-refractivity contribution in [2.75, 3.05) is 9.80 Å². The molecule has 64 heavy (non-hydrogen) atoms. The Bertz CT molecular complexity index is 3130. The topological polar surface area (TPSA) is 33.5 Å². The Morgan fingerprint density at radius 2 is 1.14 bits per heavy atom. The van der Waals surface area contributed by atoms with Crippen LogP contribution in [0.1, 0.15) is 76.3 Å². The average Bonchev–Trinajstić information content (AvgIpc) is 3.85. The fraction of sp³-hybridized carbons (Fsp3) is 0.172. The summed E-state index contributed by atoms with van der Waals surface area (Å²) in [6.45, 7) is 18.1. The normalized spacial score (nSPS) is 13.0. The number of benzene rings is 7. The molecule has 5 nitrogen and oxygen atoms in total. The Morgan fingerprint density at radius 1 is 0.500 bits per heavy atom. The van der Waals surface area contributed by atoms with E-state index in [0.717, 1.165) is 50.4 Å². The van der Waals surface area contributed by atoms with Crippen molar-refractivity contribution in [3.63, 3.8) is 0 Å². The number of hydrogen-bond acceptors (Lipinski definition) is 4. The molecule has 6 heteroatoms. The van der Waals surface area contributed by atoms with Crippen LogP contribution in [0.25, 0.3) is 27.6 Å². The zero-order valence-electron chi connectivity index (χ0n) is 37.3. The molecular formula is C58H51N4OPt-3. The summed E-state index contributed by atoms with van der Waals surface area (Å²) in [4.78, 5) is 9.46. The molecule has 1 aliphatic rings. The molecule has 0 aliphatic carbocycles. The van der Waals surface area contributed by atoms with Crippen LogP contribution >= 0.6 is 0 Å². The maximum absolute atomic E-state index is 6.68. The van der Waals surface area contributed by atoms with Crippen LogP contribution in [0.15, 0.2) is 176 Å². The van der Waals surface area contributed by atoms with Gasteiger partial charge in [0.05, 0.1) is 0 Å². The first kappa shape index (κ1) is 42.9. The van der Waals surface area contributed by atoms with E-state index in [2.05, 4.69) is 233 Å². The quantitative estimate of drug-likeness (QED) is 0.135. The average molecular weight is 1020 g/mol. The van der Waals surface area contributed by atoms with Crippen molar-refractivity contribution in [1.82, 2.24) is 9.55 Å². The second-order valence-electron chi connectivity index (χ2n) is 18.7. The monoisotopic (exact) mass is 1010 g/mol. The molecular weight excluding hydrogens is 964 g/mol. The maximum Gasteiger partial charge on any atom is 0.135 e. The first-order valence-corrected chi connectivity index (χ1v) is 21.8. The van der Waals surface area contributed by atoms with E-state index in [1.807, 2.05) is 24.4 Å². The van der Waals surface area contributed by atoms with Crippen molar-refractivity contribution in [2.45, 2.75) is 64.7 Å². The molecule has 10 rings (SSSR count). The van der Waals surface area contributed by atoms with Crippen LogP contribution in [0.4, 0.5) is 22.7 Å². The molecule has 0 amide bonds. The summed E-state index contributed by atoms with van der Waals surface area (Å²) in [5, 5.41) is 2.22. The van der Waals surface area contributed by atoms with Crippen LogP contribution in [-0.4, -0.2) is 9.55 Å². The molecule has 0 bridgehead atoms. The van der Waals surface area contributed by atoms with Gasteiger partial charge in [-0.1, -0.05) is 151 Å². The molecule has 0 unspecified atom stereocenters. The van der Waals surface area contributed by atoms with Crippen molar-refractivity contribution < 1.29 is 25.8 Å². The Labute approximate surface area is 392 Å². The molecule has 0 N–H and O–H groups in total. The minimum absolute atomic E-state index is 0. The molecule has 9 aromatic rings. The molecule has 0 fully saturated rings. The minimum atomic E-state index is -0.224. The van der Waals surface area contributed by atoms with E-state index in [9.17, 15) is 0 Å². The smallest absolute Gasteiger partial charge is 0.135 e. The third-order valence-electron chi connectivity index (χ3n) is 12.9. The summed E-state index contributed by atoms with van der Waals surface area (Å²) in [5.74, 6) is 2.03. The Kier molecular flexibility index (Phi) is 11.1. The fourth-order valence-corrected chi connectivity index (χ4v) is 8.97. The zero-order chi connectivity index (χ0) is 43.5. The van der Waals surface area contributed by atoms with Gasteiger partial charge in [-0.05, 0) is 81.1 Å². The van der Waals surface area contributed by atoms with Gasteiger partial charge in [0, 0.05) is 72.2 Å². The van der Waals surface area contributed by atoms with Crippen LogP contribution in [0.2, 0.25) is 0 Å². The van der Waals surface area contributed by atoms with Crippen LogP contribution in [-0.2, 0) is 37.3 Å². The van der Waals surface area contributed by atoms with E-state index in [-0.39, 0.29) is 37.3 Å². The summed E-state index contributed by atoms with van der Waals surface area (Å²) >= 11 is 0. The Morgan fingerprint density at radius 3 is 1.86 bits per heavy atom. The van der Waals surface area contributed by atoms with Gasteiger partial charge >= 0.3 is 0 Å². The van der Waals surface area contributed by atoms with Gasteiger partial charge in [-0.2, -0.15) is 12.1 Å². The predicted octanol–water partition coefficient (Wildman–Crippen LogP) is 14.9. The van der Waals surface area contributed by atoms with Crippen LogP contribution in [0.3, 0.4) is 0 Å². The fourth-order valence-electron chi connectivity index (χ4n) is 8.97. The predicted molar refractivity (Wildman–Crippen MR) is 260 cm³/mol. The van der Waals surface area contributed by atoms with E-state index in [1.165, 1.54) is 27.8 Å². The third-order valence-corrected chi connectivity index (χ3v) is 12.9. The van der Waals surface area contributed by atoms with Gasteiger partial charge in [0.2, 0.25) is 0 Å². The first-order valence-electron chi connectivity index (χ1n) is 21.8. The number of rotatable bonds is 9. The molecule has 0 saturated carbocycles. The maximum atomic E-state index is 6.68. The second kappa shape index (κ2) is 16.6. The number of nitrogens with zero attached hydrogens (tertiary/aromatic N) is 4. The Balaban J connectivity index is 0.00000518. The number of ether oxygens (including phenoxy) is 1. The molecule has 0 atom stereocenters. The van der Waals surface area contributed by atoms with Gasteiger partial charge in [0.1, 0.15) is 5.82 Å². The molecule has 322 valence electrons. The van der Waals surface area contributed by atoms with Gasteiger partial charge < -0.3 is 19.1 Å². The number of fused-ring (bicyclic) bond motifs is 4. The van der Waals surface area contributed by atoms with Crippen molar-refractivity contribution >= 4 is 44.6 Å². The van der Waals surface area contributed by atoms with Crippen molar-refractivity contribution in [2.24, 2.45) is 0 Å². The summed E-state index contributed by atoms with van der Waals surface area (Å²) in [5.41, 5.74) is 11.9. The molecule has 0 saturated heterocycles. The largest absolute Gasteiger partial charge is 0.509 e. The molecule has 0 radical (unpaired) electrons. The van der Waals surface area contributed by atoms with Crippen LogP contribution < -0.4 is 14.5 Å². The summed E-state index contributed by atoms with van der Waals surface area (Å²) < 4.78 is 8.88. The standard InChI is InChI=1S/C58H51N4O.Pt/c1-56(2,3)42-22-16-23-45(34-42)61-39-60(52-31-28-43(35-54(52)61)57(4,5)40-18-10-8-11-19-40)46-24-17-25-47(37-46)63-48-29-30-50-49-26-14-15-27-51(49)62(53(50)38-48)55-36-44(32-33-59-55)58(6,7)41-20-12-9-13-21-41;/h8-36,39H,1-7H3;/q-3;. The summed E-state index contributed by atoms with van der Waals surface area (Å²) in [6.07, 6.45) is 1.91. The van der Waals surface area contributed by atoms with E-state index in [1.54, 1.807) is 0 Å². The van der Waals surface area contributed by atoms with E-state index >= 15 is 0 Å². The molecule has 3 heterocycles. The number of hydrogen-bond donors (Lipinski definition) is 0. The van der Waals surface area contributed by atoms with Gasteiger partial charge in [-0.15, -0.1) is 48.1 Å². The van der Waals surface area contributed by atoms with Crippen LogP contribution in [0.5, 0.6) is 11.5 Å². The number of pyridine rings is 1. The summed E-state index contributed by atoms with van der Waals surface area (Å²) in [6, 6.07) is 67.4. The molecule has 1 aliphatic heterocycles. The van der Waals surface area contributed by atoms with E-state index in [4.69, 9.17) is 9.72 Å². The van der Waals surface area contributed by atoms with Gasteiger partial charge in [0.25, 0.3) is 0 Å². The molecule has 0 spiro atoms. The van der Waals surface area contributed by atoms with Gasteiger partial charge in [0.15, 0.2) is 0 Å². The minimum Gasteiger partial charge on any atom is -0.509 e. The number of anilines is 4. The van der Waals surface area contributed by atoms with E-state index < -0.39 is 0 Å². The van der Waals surface area contributed by atoms with E-state index in [0.29, 0.717) is 11.5 Å². The number of para-hydroxylation sites is 1. The van der Waals surface area contributed by atoms with Crippen molar-refractivity contribution in [3.8, 4) is 17.3 Å². The summed E-state index contributed by atoms with van der Waals surface area (Å²) in [7, 11) is 0. The van der Waals surface area contributed by atoms with Crippen molar-refractivity contribution in [3.05, 3.63) is 223 Å². The third kappa shape index (κ3) is 7.71. The zero-order valence-corrected chi connectivity index (χ0v) is 39.6. The Hall–Kier alpha value is -6.42. The van der Waals surface area contributed by atoms with Crippen molar-refractivity contribution in [1.29, 1.82) is 0 Å². The second-order valence-corrected chi connectivity index (χ2v) is 18.7. The van der Waals surface area contributed by atoms with Gasteiger partial charge in [-0.3, -0.25) is 0 Å². The molecule has 2 aromatic heterocycles. The van der Waals surface area contributed by atoms with Crippen LogP contribution in [0, 0.1) is 18.8 Å².